The Hall–Kier alpha value is -0.700. The second-order valence-corrected chi connectivity index (χ2v) is 6.77. The number of esters is 1. The first-order valence-corrected chi connectivity index (χ1v) is 7.60. The molecule has 0 unspecified atom stereocenters. The van der Waals surface area contributed by atoms with Crippen LogP contribution in [-0.4, -0.2) is 69.0 Å². The molecule has 19 heavy (non-hydrogen) atoms. The van der Waals surface area contributed by atoms with Gasteiger partial charge in [0.2, 0.25) is 0 Å². The van der Waals surface area contributed by atoms with Crippen molar-refractivity contribution in [3.8, 4) is 0 Å². The van der Waals surface area contributed by atoms with Crippen molar-refractivity contribution in [1.29, 1.82) is 0 Å². The molecule has 0 aromatic rings. The van der Waals surface area contributed by atoms with Crippen LogP contribution in [0, 0.1) is 0 Å². The molecule has 0 amide bonds. The predicted molar refractivity (Wildman–Crippen MR) is 69.8 cm³/mol. The summed E-state index contributed by atoms with van der Waals surface area (Å²) < 4.78 is 37.2. The number of hydrogen-bond donors (Lipinski definition) is 0. The summed E-state index contributed by atoms with van der Waals surface area (Å²) in [6.07, 6.45) is -0.220. The van der Waals surface area contributed by atoms with Gasteiger partial charge in [-0.2, -0.15) is 17.0 Å². The molecule has 0 saturated carbocycles. The fourth-order valence-electron chi connectivity index (χ4n) is 1.98. The number of ether oxygens (including phenoxy) is 2. The van der Waals surface area contributed by atoms with Gasteiger partial charge in [0, 0.05) is 26.7 Å². The van der Waals surface area contributed by atoms with Crippen LogP contribution in [-0.2, 0) is 24.5 Å². The molecule has 0 radical (unpaired) electrons. The first-order valence-electron chi connectivity index (χ1n) is 6.21. The Morgan fingerprint density at radius 2 is 1.89 bits per heavy atom. The lowest BCUT2D eigenvalue weighted by Gasteiger charge is -2.36. The largest absolute Gasteiger partial charge is 0.469 e. The normalized spacial score (nSPS) is 25.5. The molecule has 1 fully saturated rings. The average molecular weight is 294 g/mol. The fraction of sp³-hybridized carbons (Fsp3) is 0.909. The summed E-state index contributed by atoms with van der Waals surface area (Å²) in [5.74, 6) is -0.425. The molecule has 0 spiro atoms. The molecule has 8 heteroatoms. The Kier molecular flexibility index (Phi) is 5.72. The van der Waals surface area contributed by atoms with E-state index in [1.54, 1.807) is 0 Å². The Bertz CT molecular complexity index is 401. The molecule has 1 saturated heterocycles. The lowest BCUT2D eigenvalue weighted by molar-refractivity contribution is -0.140. The molecular formula is C11H22N2O5S. The van der Waals surface area contributed by atoms with Gasteiger partial charge in [-0.15, -0.1) is 0 Å². The Balaban J connectivity index is 2.65. The van der Waals surface area contributed by atoms with Crippen LogP contribution in [0.3, 0.4) is 0 Å². The number of carbonyl (C=O) groups is 1. The van der Waals surface area contributed by atoms with E-state index in [4.69, 9.17) is 4.74 Å². The lowest BCUT2D eigenvalue weighted by atomic mass is 10.3. The van der Waals surface area contributed by atoms with Crippen molar-refractivity contribution < 1.29 is 22.7 Å². The van der Waals surface area contributed by atoms with Gasteiger partial charge < -0.3 is 9.47 Å². The maximum Gasteiger partial charge on any atom is 0.306 e. The Labute approximate surface area is 114 Å². The minimum Gasteiger partial charge on any atom is -0.469 e. The zero-order valence-corrected chi connectivity index (χ0v) is 12.6. The molecule has 0 aromatic heterocycles. The smallest absolute Gasteiger partial charge is 0.306 e. The van der Waals surface area contributed by atoms with Crippen molar-refractivity contribution in [2.45, 2.75) is 32.5 Å². The molecule has 1 heterocycles. The number of methoxy groups -OCH3 is 1. The molecule has 7 nitrogen and oxygen atoms in total. The summed E-state index contributed by atoms with van der Waals surface area (Å²) in [6.45, 7) is 4.44. The second kappa shape index (κ2) is 6.65. The molecule has 1 aliphatic heterocycles. The molecule has 2 atom stereocenters. The van der Waals surface area contributed by atoms with Crippen molar-refractivity contribution in [3.63, 3.8) is 0 Å². The number of nitrogens with zero attached hydrogens (tertiary/aromatic N) is 2. The standard InChI is InChI=1S/C11H22N2O5S/c1-9-7-13(8-10(2)18-9)19(15,16)12(3)6-5-11(14)17-4/h9-10H,5-8H2,1-4H3/t9-,10+. The summed E-state index contributed by atoms with van der Waals surface area (Å²) in [4.78, 5) is 11.0. The zero-order chi connectivity index (χ0) is 14.6. The van der Waals surface area contributed by atoms with Gasteiger partial charge in [0.15, 0.2) is 0 Å². The first kappa shape index (κ1) is 16.4. The summed E-state index contributed by atoms with van der Waals surface area (Å²) in [5, 5.41) is 0. The Morgan fingerprint density at radius 3 is 2.37 bits per heavy atom. The molecule has 0 bridgehead atoms. The molecular weight excluding hydrogens is 272 g/mol. The first-order chi connectivity index (χ1) is 8.77. The minimum atomic E-state index is -3.55. The van der Waals surface area contributed by atoms with Gasteiger partial charge in [-0.1, -0.05) is 0 Å². The lowest BCUT2D eigenvalue weighted by Crippen LogP contribution is -2.52. The van der Waals surface area contributed by atoms with E-state index in [1.165, 1.54) is 22.8 Å². The van der Waals surface area contributed by atoms with E-state index in [1.807, 2.05) is 13.8 Å². The Morgan fingerprint density at radius 1 is 1.37 bits per heavy atom. The van der Waals surface area contributed by atoms with Crippen LogP contribution in [0.15, 0.2) is 0 Å². The van der Waals surface area contributed by atoms with Crippen molar-refractivity contribution in [1.82, 2.24) is 8.61 Å². The quantitative estimate of drug-likeness (QED) is 0.658. The van der Waals surface area contributed by atoms with Gasteiger partial charge in [0.05, 0.1) is 25.7 Å². The highest BCUT2D eigenvalue weighted by atomic mass is 32.2. The van der Waals surface area contributed by atoms with Crippen LogP contribution in [0.5, 0.6) is 0 Å². The van der Waals surface area contributed by atoms with E-state index in [-0.39, 0.29) is 25.2 Å². The maximum absolute atomic E-state index is 12.3. The average Bonchev–Trinajstić information content (AvgIpc) is 2.34. The second-order valence-electron chi connectivity index (χ2n) is 4.73. The highest BCUT2D eigenvalue weighted by molar-refractivity contribution is 7.86. The number of morpholine rings is 1. The van der Waals surface area contributed by atoms with E-state index in [9.17, 15) is 13.2 Å². The number of carbonyl (C=O) groups excluding carboxylic acids is 1. The summed E-state index contributed by atoms with van der Waals surface area (Å²) >= 11 is 0. The molecule has 0 aromatic carbocycles. The number of hydrogen-bond acceptors (Lipinski definition) is 5. The van der Waals surface area contributed by atoms with E-state index in [2.05, 4.69) is 4.74 Å². The highest BCUT2D eigenvalue weighted by Crippen LogP contribution is 2.16. The third-order valence-electron chi connectivity index (χ3n) is 2.96. The third-order valence-corrected chi connectivity index (χ3v) is 4.89. The molecule has 1 aliphatic rings. The molecule has 112 valence electrons. The van der Waals surface area contributed by atoms with Gasteiger partial charge in [0.1, 0.15) is 0 Å². The van der Waals surface area contributed by atoms with Gasteiger partial charge in [-0.25, -0.2) is 0 Å². The van der Waals surface area contributed by atoms with Gasteiger partial charge >= 0.3 is 5.97 Å². The molecule has 1 rings (SSSR count). The van der Waals surface area contributed by atoms with Crippen LogP contribution < -0.4 is 0 Å². The van der Waals surface area contributed by atoms with Crippen LogP contribution in [0.25, 0.3) is 0 Å². The van der Waals surface area contributed by atoms with E-state index >= 15 is 0 Å². The maximum atomic E-state index is 12.3. The van der Waals surface area contributed by atoms with Crippen LogP contribution in [0.4, 0.5) is 0 Å². The summed E-state index contributed by atoms with van der Waals surface area (Å²) in [7, 11) is -0.812. The van der Waals surface area contributed by atoms with Gasteiger partial charge in [0.25, 0.3) is 10.2 Å². The molecule has 0 aliphatic carbocycles. The van der Waals surface area contributed by atoms with Crippen LogP contribution >= 0.6 is 0 Å². The topological polar surface area (TPSA) is 76.2 Å². The number of rotatable bonds is 5. The van der Waals surface area contributed by atoms with Crippen molar-refractivity contribution >= 4 is 16.2 Å². The zero-order valence-electron chi connectivity index (χ0n) is 11.8. The monoisotopic (exact) mass is 294 g/mol. The summed E-state index contributed by atoms with van der Waals surface area (Å²) in [5.41, 5.74) is 0. The predicted octanol–water partition coefficient (Wildman–Crippen LogP) is -0.165. The van der Waals surface area contributed by atoms with E-state index in [0.717, 1.165) is 0 Å². The SMILES string of the molecule is COC(=O)CCN(C)S(=O)(=O)N1C[C@@H](C)O[C@@H](C)C1. The van der Waals surface area contributed by atoms with E-state index < -0.39 is 16.2 Å². The van der Waals surface area contributed by atoms with Crippen molar-refractivity contribution in [2.75, 3.05) is 33.8 Å². The van der Waals surface area contributed by atoms with E-state index in [0.29, 0.717) is 13.1 Å². The van der Waals surface area contributed by atoms with Crippen LogP contribution in [0.1, 0.15) is 20.3 Å². The van der Waals surface area contributed by atoms with Crippen molar-refractivity contribution in [3.05, 3.63) is 0 Å². The minimum absolute atomic E-state index is 0.0433. The molecule has 0 N–H and O–H groups in total. The van der Waals surface area contributed by atoms with Crippen LogP contribution in [0.2, 0.25) is 0 Å². The van der Waals surface area contributed by atoms with Crippen molar-refractivity contribution in [2.24, 2.45) is 0 Å². The summed E-state index contributed by atoms with van der Waals surface area (Å²) in [6, 6.07) is 0. The highest BCUT2D eigenvalue weighted by Gasteiger charge is 2.33. The van der Waals surface area contributed by atoms with Gasteiger partial charge in [-0.3, -0.25) is 4.79 Å². The third kappa shape index (κ3) is 4.41. The fourth-order valence-corrected chi connectivity index (χ4v) is 3.50. The van der Waals surface area contributed by atoms with Gasteiger partial charge in [-0.05, 0) is 13.8 Å².